The highest BCUT2D eigenvalue weighted by Gasteiger charge is 2.21. The third-order valence-corrected chi connectivity index (χ3v) is 5.87. The summed E-state index contributed by atoms with van der Waals surface area (Å²) in [5.41, 5.74) is 4.43. The molecule has 0 spiro atoms. The molecule has 22 heavy (non-hydrogen) atoms. The van der Waals surface area contributed by atoms with Gasteiger partial charge >= 0.3 is 0 Å². The van der Waals surface area contributed by atoms with E-state index in [0.717, 1.165) is 27.8 Å². The van der Waals surface area contributed by atoms with Gasteiger partial charge in [0.2, 0.25) is 10.0 Å². The first kappa shape index (κ1) is 17.0. The second kappa shape index (κ2) is 6.41. The van der Waals surface area contributed by atoms with Gasteiger partial charge in [0.25, 0.3) is 0 Å². The van der Waals surface area contributed by atoms with Crippen LogP contribution in [0.15, 0.2) is 35.2 Å². The summed E-state index contributed by atoms with van der Waals surface area (Å²) in [5.74, 6) is 0. The Kier molecular flexibility index (Phi) is 4.95. The topological polar surface area (TPSA) is 46.2 Å². The predicted molar refractivity (Wildman–Crippen MR) is 90.9 cm³/mol. The van der Waals surface area contributed by atoms with Crippen molar-refractivity contribution in [1.29, 1.82) is 0 Å². The lowest BCUT2D eigenvalue weighted by Crippen LogP contribution is -2.25. The lowest BCUT2D eigenvalue weighted by Gasteiger charge is -2.16. The summed E-state index contributed by atoms with van der Waals surface area (Å²) in [5, 5.41) is 0.632. The van der Waals surface area contributed by atoms with E-state index in [2.05, 4.69) is 4.72 Å². The quantitative estimate of drug-likeness (QED) is 0.914. The first-order valence-electron chi connectivity index (χ1n) is 7.04. The molecule has 2 aromatic rings. The summed E-state index contributed by atoms with van der Waals surface area (Å²) in [6.45, 7) is 7.79. The maximum Gasteiger partial charge on any atom is 0.241 e. The lowest BCUT2D eigenvalue weighted by atomic mass is 10.0. The van der Waals surface area contributed by atoms with Gasteiger partial charge in [-0.2, -0.15) is 0 Å². The van der Waals surface area contributed by atoms with Crippen molar-refractivity contribution < 1.29 is 8.42 Å². The largest absolute Gasteiger partial charge is 0.241 e. The number of benzene rings is 2. The van der Waals surface area contributed by atoms with Crippen molar-refractivity contribution in [3.63, 3.8) is 0 Å². The molecule has 0 unspecified atom stereocenters. The standard InChI is InChI=1S/C17H20ClNO2S/c1-11-9-12(2)14(4)17(13(11)3)22(20,21)19-10-15-5-7-16(18)8-6-15/h5-9,19H,10H2,1-4H3. The van der Waals surface area contributed by atoms with Crippen LogP contribution in [0.5, 0.6) is 0 Å². The zero-order valence-corrected chi connectivity index (χ0v) is 14.8. The number of hydrogen-bond donors (Lipinski definition) is 1. The molecular weight excluding hydrogens is 318 g/mol. The molecule has 0 bridgehead atoms. The number of hydrogen-bond acceptors (Lipinski definition) is 2. The molecule has 2 aromatic carbocycles. The normalized spacial score (nSPS) is 11.7. The molecule has 0 aromatic heterocycles. The Morgan fingerprint density at radius 1 is 0.955 bits per heavy atom. The van der Waals surface area contributed by atoms with Gasteiger partial charge in [-0.05, 0) is 67.6 Å². The molecule has 0 saturated carbocycles. The van der Waals surface area contributed by atoms with Gasteiger partial charge in [0.05, 0.1) is 4.90 Å². The van der Waals surface area contributed by atoms with E-state index < -0.39 is 10.0 Å². The molecule has 0 atom stereocenters. The van der Waals surface area contributed by atoms with E-state index in [1.165, 1.54) is 0 Å². The zero-order chi connectivity index (χ0) is 16.5. The molecule has 0 aliphatic rings. The van der Waals surface area contributed by atoms with Crippen molar-refractivity contribution >= 4 is 21.6 Å². The van der Waals surface area contributed by atoms with Crippen LogP contribution in [-0.2, 0) is 16.6 Å². The van der Waals surface area contributed by atoms with Gasteiger partial charge in [-0.25, -0.2) is 13.1 Å². The van der Waals surface area contributed by atoms with Gasteiger partial charge in [0, 0.05) is 11.6 Å². The highest BCUT2D eigenvalue weighted by molar-refractivity contribution is 7.89. The number of halogens is 1. The second-order valence-electron chi connectivity index (χ2n) is 5.54. The van der Waals surface area contributed by atoms with Gasteiger partial charge in [-0.3, -0.25) is 0 Å². The molecular formula is C17H20ClNO2S. The van der Waals surface area contributed by atoms with E-state index >= 15 is 0 Å². The Labute approximate surface area is 137 Å². The highest BCUT2D eigenvalue weighted by Crippen LogP contribution is 2.26. The van der Waals surface area contributed by atoms with E-state index in [9.17, 15) is 8.42 Å². The lowest BCUT2D eigenvalue weighted by molar-refractivity contribution is 0.579. The van der Waals surface area contributed by atoms with Crippen LogP contribution in [0, 0.1) is 27.7 Å². The average molecular weight is 338 g/mol. The van der Waals surface area contributed by atoms with Crippen LogP contribution >= 0.6 is 11.6 Å². The van der Waals surface area contributed by atoms with Gasteiger partial charge in [-0.15, -0.1) is 0 Å². The number of rotatable bonds is 4. The SMILES string of the molecule is Cc1cc(C)c(C)c(S(=O)(=O)NCc2ccc(Cl)cc2)c1C. The molecule has 118 valence electrons. The van der Waals surface area contributed by atoms with E-state index in [1.54, 1.807) is 12.1 Å². The molecule has 1 N–H and O–H groups in total. The van der Waals surface area contributed by atoms with E-state index in [1.807, 2.05) is 45.9 Å². The molecule has 5 heteroatoms. The van der Waals surface area contributed by atoms with Crippen LogP contribution in [0.2, 0.25) is 5.02 Å². The first-order valence-corrected chi connectivity index (χ1v) is 8.90. The van der Waals surface area contributed by atoms with Crippen molar-refractivity contribution in [2.45, 2.75) is 39.1 Å². The fraction of sp³-hybridized carbons (Fsp3) is 0.294. The average Bonchev–Trinajstić information content (AvgIpc) is 2.45. The highest BCUT2D eigenvalue weighted by atomic mass is 35.5. The summed E-state index contributed by atoms with van der Waals surface area (Å²) < 4.78 is 28.0. The summed E-state index contributed by atoms with van der Waals surface area (Å²) in [4.78, 5) is 0.388. The number of sulfonamides is 1. The maximum absolute atomic E-state index is 12.7. The minimum atomic E-state index is -3.56. The molecule has 3 nitrogen and oxygen atoms in total. The summed E-state index contributed by atoms with van der Waals surface area (Å²) >= 11 is 5.84. The zero-order valence-electron chi connectivity index (χ0n) is 13.2. The van der Waals surface area contributed by atoms with Gasteiger partial charge in [0.15, 0.2) is 0 Å². The van der Waals surface area contributed by atoms with Crippen molar-refractivity contribution in [3.8, 4) is 0 Å². The molecule has 0 amide bonds. The van der Waals surface area contributed by atoms with Crippen LogP contribution in [0.25, 0.3) is 0 Å². The Morgan fingerprint density at radius 3 is 1.95 bits per heavy atom. The third-order valence-electron chi connectivity index (χ3n) is 3.95. The third kappa shape index (κ3) is 3.51. The monoisotopic (exact) mass is 337 g/mol. The smallest absolute Gasteiger partial charge is 0.207 e. The van der Waals surface area contributed by atoms with Crippen LogP contribution in [0.3, 0.4) is 0 Å². The molecule has 0 saturated heterocycles. The van der Waals surface area contributed by atoms with Crippen molar-refractivity contribution in [2.24, 2.45) is 0 Å². The van der Waals surface area contributed by atoms with Crippen molar-refractivity contribution in [1.82, 2.24) is 4.72 Å². The Balaban J connectivity index is 2.33. The molecule has 2 rings (SSSR count). The van der Waals surface area contributed by atoms with Gasteiger partial charge in [-0.1, -0.05) is 29.8 Å². The van der Waals surface area contributed by atoms with E-state index in [0.29, 0.717) is 9.92 Å². The Hall–Kier alpha value is -1.36. The van der Waals surface area contributed by atoms with Crippen LogP contribution in [0.4, 0.5) is 0 Å². The minimum Gasteiger partial charge on any atom is -0.207 e. The summed E-state index contributed by atoms with van der Waals surface area (Å²) in [7, 11) is -3.56. The van der Waals surface area contributed by atoms with Crippen molar-refractivity contribution in [3.05, 3.63) is 63.2 Å². The van der Waals surface area contributed by atoms with Gasteiger partial charge < -0.3 is 0 Å². The van der Waals surface area contributed by atoms with Crippen LogP contribution < -0.4 is 4.72 Å². The minimum absolute atomic E-state index is 0.241. The number of aryl methyl sites for hydroxylation is 2. The molecule has 0 aliphatic carbocycles. The maximum atomic E-state index is 12.7. The summed E-state index contributed by atoms with van der Waals surface area (Å²) in [6, 6.07) is 9.14. The predicted octanol–water partition coefficient (Wildman–Crippen LogP) is 4.05. The van der Waals surface area contributed by atoms with Crippen molar-refractivity contribution in [2.75, 3.05) is 0 Å². The van der Waals surface area contributed by atoms with Crippen LogP contribution in [0.1, 0.15) is 27.8 Å². The van der Waals surface area contributed by atoms with Gasteiger partial charge in [0.1, 0.15) is 0 Å². The summed E-state index contributed by atoms with van der Waals surface area (Å²) in [6.07, 6.45) is 0. The molecule has 0 aliphatic heterocycles. The molecule has 0 heterocycles. The fourth-order valence-corrected chi connectivity index (χ4v) is 4.19. The fourth-order valence-electron chi connectivity index (χ4n) is 2.44. The number of nitrogens with one attached hydrogen (secondary N) is 1. The molecule has 0 fully saturated rings. The van der Waals surface area contributed by atoms with E-state index in [-0.39, 0.29) is 6.54 Å². The first-order chi connectivity index (χ1) is 10.2. The van der Waals surface area contributed by atoms with E-state index in [4.69, 9.17) is 11.6 Å². The second-order valence-corrected chi connectivity index (χ2v) is 7.68. The van der Waals surface area contributed by atoms with Crippen LogP contribution in [-0.4, -0.2) is 8.42 Å². The Morgan fingerprint density at radius 2 is 1.45 bits per heavy atom. The molecule has 0 radical (unpaired) electrons. The Bertz CT molecular complexity index is 770.